The van der Waals surface area contributed by atoms with Crippen LogP contribution in [0, 0.1) is 0 Å². The molecule has 0 heteroatoms. The minimum Gasteiger partial charge on any atom is -0.0619 e. The molecule has 0 aromatic heterocycles. The smallest absolute Gasteiger partial charge is 0.00137 e. The third kappa shape index (κ3) is 2.07. The van der Waals surface area contributed by atoms with Gasteiger partial charge in [-0.3, -0.25) is 0 Å². The summed E-state index contributed by atoms with van der Waals surface area (Å²) in [5, 5.41) is 5.24. The van der Waals surface area contributed by atoms with Gasteiger partial charge in [-0.25, -0.2) is 0 Å². The molecule has 5 rings (SSSR count). The lowest BCUT2D eigenvalue weighted by Crippen LogP contribution is -1.86. The SMILES string of the molecule is C1=C(c2ccc3cc4ccccc4cc3c2)Cc2ccccc21. The third-order valence-electron chi connectivity index (χ3n) is 4.84. The Morgan fingerprint density at radius 2 is 1.26 bits per heavy atom. The third-order valence-corrected chi connectivity index (χ3v) is 4.84. The monoisotopic (exact) mass is 292 g/mol. The number of fused-ring (bicyclic) bond motifs is 3. The Morgan fingerprint density at radius 3 is 2.09 bits per heavy atom. The summed E-state index contributed by atoms with van der Waals surface area (Å²) in [5.41, 5.74) is 5.55. The van der Waals surface area contributed by atoms with Crippen molar-refractivity contribution < 1.29 is 0 Å². The van der Waals surface area contributed by atoms with E-state index in [4.69, 9.17) is 0 Å². The summed E-state index contributed by atoms with van der Waals surface area (Å²) >= 11 is 0. The fourth-order valence-corrected chi connectivity index (χ4v) is 3.61. The van der Waals surface area contributed by atoms with Crippen LogP contribution >= 0.6 is 0 Å². The maximum atomic E-state index is 2.33. The molecule has 0 amide bonds. The van der Waals surface area contributed by atoms with Crippen molar-refractivity contribution >= 4 is 33.2 Å². The largest absolute Gasteiger partial charge is 0.0619 e. The Kier molecular flexibility index (Phi) is 2.65. The van der Waals surface area contributed by atoms with Crippen molar-refractivity contribution in [3.05, 3.63) is 95.6 Å². The highest BCUT2D eigenvalue weighted by Crippen LogP contribution is 2.33. The molecule has 0 heterocycles. The lowest BCUT2D eigenvalue weighted by atomic mass is 9.98. The van der Waals surface area contributed by atoms with E-state index in [-0.39, 0.29) is 0 Å². The topological polar surface area (TPSA) is 0 Å². The molecule has 0 aliphatic heterocycles. The molecule has 1 aliphatic carbocycles. The highest BCUT2D eigenvalue weighted by Gasteiger charge is 2.13. The Labute approximate surface area is 135 Å². The number of hydrogen-bond acceptors (Lipinski definition) is 0. The predicted octanol–water partition coefficient (Wildman–Crippen LogP) is 6.09. The van der Waals surface area contributed by atoms with Crippen LogP contribution in [0.4, 0.5) is 0 Å². The number of rotatable bonds is 1. The molecule has 0 spiro atoms. The summed E-state index contributed by atoms with van der Waals surface area (Å²) in [6.45, 7) is 0. The number of allylic oxidation sites excluding steroid dienone is 1. The maximum Gasteiger partial charge on any atom is -0.00137 e. The van der Waals surface area contributed by atoms with Gasteiger partial charge in [0.2, 0.25) is 0 Å². The van der Waals surface area contributed by atoms with Crippen LogP contribution in [0.2, 0.25) is 0 Å². The van der Waals surface area contributed by atoms with Gasteiger partial charge in [0.1, 0.15) is 0 Å². The first kappa shape index (κ1) is 12.7. The fraction of sp³-hybridized carbons (Fsp3) is 0.0435. The second-order valence-electron chi connectivity index (χ2n) is 6.31. The van der Waals surface area contributed by atoms with Crippen LogP contribution in [0.15, 0.2) is 78.9 Å². The van der Waals surface area contributed by atoms with Crippen LogP contribution in [0.5, 0.6) is 0 Å². The van der Waals surface area contributed by atoms with Gasteiger partial charge < -0.3 is 0 Å². The van der Waals surface area contributed by atoms with Crippen LogP contribution in [-0.2, 0) is 6.42 Å². The van der Waals surface area contributed by atoms with E-state index in [1.165, 1.54) is 43.8 Å². The van der Waals surface area contributed by atoms with Crippen LogP contribution in [0.3, 0.4) is 0 Å². The van der Waals surface area contributed by atoms with E-state index in [1.54, 1.807) is 0 Å². The van der Waals surface area contributed by atoms with Crippen molar-refractivity contribution in [2.24, 2.45) is 0 Å². The van der Waals surface area contributed by atoms with E-state index in [1.807, 2.05) is 0 Å². The second-order valence-corrected chi connectivity index (χ2v) is 6.31. The van der Waals surface area contributed by atoms with Gasteiger partial charge in [-0.05, 0) is 68.4 Å². The molecule has 0 unspecified atom stereocenters. The Morgan fingerprint density at radius 1 is 0.565 bits per heavy atom. The molecule has 0 radical (unpaired) electrons. The van der Waals surface area contributed by atoms with Crippen LogP contribution in [-0.4, -0.2) is 0 Å². The molecule has 0 nitrogen and oxygen atoms in total. The summed E-state index contributed by atoms with van der Waals surface area (Å²) in [4.78, 5) is 0. The first-order chi connectivity index (χ1) is 11.4. The van der Waals surface area contributed by atoms with E-state index in [0.717, 1.165) is 6.42 Å². The van der Waals surface area contributed by atoms with Crippen molar-refractivity contribution in [2.75, 3.05) is 0 Å². The molecule has 0 bridgehead atoms. The lowest BCUT2D eigenvalue weighted by Gasteiger charge is -2.07. The molecule has 23 heavy (non-hydrogen) atoms. The van der Waals surface area contributed by atoms with Crippen molar-refractivity contribution in [3.63, 3.8) is 0 Å². The second kappa shape index (κ2) is 4.82. The molecule has 0 atom stereocenters. The van der Waals surface area contributed by atoms with Crippen LogP contribution < -0.4 is 0 Å². The lowest BCUT2D eigenvalue weighted by molar-refractivity contribution is 1.32. The molecular weight excluding hydrogens is 276 g/mol. The molecule has 0 saturated heterocycles. The zero-order valence-corrected chi connectivity index (χ0v) is 12.8. The van der Waals surface area contributed by atoms with Crippen molar-refractivity contribution in [3.8, 4) is 0 Å². The molecule has 108 valence electrons. The van der Waals surface area contributed by atoms with Gasteiger partial charge in [0.25, 0.3) is 0 Å². The Hall–Kier alpha value is -2.86. The van der Waals surface area contributed by atoms with Gasteiger partial charge in [-0.15, -0.1) is 0 Å². The molecule has 1 aliphatic rings. The Balaban J connectivity index is 1.65. The fourth-order valence-electron chi connectivity index (χ4n) is 3.61. The van der Waals surface area contributed by atoms with Crippen LogP contribution in [0.1, 0.15) is 16.7 Å². The van der Waals surface area contributed by atoms with Gasteiger partial charge >= 0.3 is 0 Å². The van der Waals surface area contributed by atoms with Gasteiger partial charge in [0.15, 0.2) is 0 Å². The highest BCUT2D eigenvalue weighted by atomic mass is 14.2. The van der Waals surface area contributed by atoms with Crippen LogP contribution in [0.25, 0.3) is 33.2 Å². The zero-order chi connectivity index (χ0) is 15.2. The summed E-state index contributed by atoms with van der Waals surface area (Å²) in [7, 11) is 0. The van der Waals surface area contributed by atoms with Crippen molar-refractivity contribution in [2.45, 2.75) is 6.42 Å². The van der Waals surface area contributed by atoms with Gasteiger partial charge in [0.05, 0.1) is 0 Å². The first-order valence-corrected chi connectivity index (χ1v) is 8.08. The summed E-state index contributed by atoms with van der Waals surface area (Å²) in [5.74, 6) is 0. The standard InChI is InChI=1S/C23H16/c1-2-6-17-12-23-15-21(10-9-20(23)11-16(17)5-1)22-13-18-7-3-4-8-19(18)14-22/h1-13,15H,14H2. The molecule has 0 saturated carbocycles. The zero-order valence-electron chi connectivity index (χ0n) is 12.8. The summed E-state index contributed by atoms with van der Waals surface area (Å²) in [6.07, 6.45) is 3.37. The van der Waals surface area contributed by atoms with Crippen molar-refractivity contribution in [1.29, 1.82) is 0 Å². The van der Waals surface area contributed by atoms with E-state index >= 15 is 0 Å². The van der Waals surface area contributed by atoms with E-state index in [2.05, 4.69) is 84.9 Å². The quantitative estimate of drug-likeness (QED) is 0.372. The van der Waals surface area contributed by atoms with Gasteiger partial charge in [-0.2, -0.15) is 0 Å². The van der Waals surface area contributed by atoms with E-state index in [0.29, 0.717) is 0 Å². The van der Waals surface area contributed by atoms with Gasteiger partial charge in [-0.1, -0.05) is 66.7 Å². The Bertz CT molecular complexity index is 1080. The summed E-state index contributed by atoms with van der Waals surface area (Å²) in [6, 6.07) is 28.7. The molecular formula is C23H16. The number of benzene rings is 4. The maximum absolute atomic E-state index is 2.33. The average Bonchev–Trinajstić information content (AvgIpc) is 3.03. The normalized spacial score (nSPS) is 13.3. The number of hydrogen-bond donors (Lipinski definition) is 0. The summed E-state index contributed by atoms with van der Waals surface area (Å²) < 4.78 is 0. The van der Waals surface area contributed by atoms with E-state index < -0.39 is 0 Å². The molecule has 0 fully saturated rings. The average molecular weight is 292 g/mol. The van der Waals surface area contributed by atoms with Crippen molar-refractivity contribution in [1.82, 2.24) is 0 Å². The molecule has 0 N–H and O–H groups in total. The first-order valence-electron chi connectivity index (χ1n) is 8.08. The molecule has 4 aromatic rings. The highest BCUT2D eigenvalue weighted by molar-refractivity contribution is 6.00. The molecule has 4 aromatic carbocycles. The predicted molar refractivity (Wildman–Crippen MR) is 99.5 cm³/mol. The minimum atomic E-state index is 1.04. The minimum absolute atomic E-state index is 1.04. The van der Waals surface area contributed by atoms with E-state index in [9.17, 15) is 0 Å². The van der Waals surface area contributed by atoms with Gasteiger partial charge in [0, 0.05) is 0 Å².